The van der Waals surface area contributed by atoms with Crippen LogP contribution in [0.4, 0.5) is 0 Å². The predicted octanol–water partition coefficient (Wildman–Crippen LogP) is 1.16. The van der Waals surface area contributed by atoms with Gasteiger partial charge in [0.15, 0.2) is 0 Å². The second-order valence-electron chi connectivity index (χ2n) is 5.15. The first-order chi connectivity index (χ1) is 9.01. The fourth-order valence-electron chi connectivity index (χ4n) is 2.28. The first-order valence-corrected chi connectivity index (χ1v) is 6.29. The van der Waals surface area contributed by atoms with E-state index in [0.717, 1.165) is 25.0 Å². The Bertz CT molecular complexity index is 480. The number of nitrogens with one attached hydrogen (secondary N) is 1. The largest absolute Gasteiger partial charge is 0.481 e. The molecule has 1 saturated carbocycles. The number of carbonyl (C=O) groups is 2. The summed E-state index contributed by atoms with van der Waals surface area (Å²) in [5.74, 6) is -1.12. The van der Waals surface area contributed by atoms with Crippen LogP contribution >= 0.6 is 0 Å². The second-order valence-corrected chi connectivity index (χ2v) is 5.15. The molecule has 1 aliphatic rings. The normalized spacial score (nSPS) is 16.5. The maximum atomic E-state index is 11.9. The Labute approximate surface area is 111 Å². The highest BCUT2D eigenvalue weighted by Gasteiger charge is 2.39. The zero-order valence-corrected chi connectivity index (χ0v) is 10.8. The molecule has 0 aromatic carbocycles. The van der Waals surface area contributed by atoms with E-state index < -0.39 is 5.97 Å². The van der Waals surface area contributed by atoms with Crippen LogP contribution in [0.5, 0.6) is 0 Å². The molecule has 1 fully saturated rings. The molecule has 2 rings (SSSR count). The highest BCUT2D eigenvalue weighted by Crippen LogP contribution is 2.43. The third-order valence-corrected chi connectivity index (χ3v) is 3.58. The molecule has 1 aromatic heterocycles. The summed E-state index contributed by atoms with van der Waals surface area (Å²) < 4.78 is 0. The topological polar surface area (TPSA) is 92.2 Å². The number of amides is 1. The maximum Gasteiger partial charge on any atom is 0.303 e. The van der Waals surface area contributed by atoms with Crippen LogP contribution in [0.3, 0.4) is 0 Å². The summed E-state index contributed by atoms with van der Waals surface area (Å²) in [4.78, 5) is 30.7. The number of carboxylic acids is 1. The smallest absolute Gasteiger partial charge is 0.303 e. The standard InChI is InChI=1S/C13H17N3O3/c1-9-6-15-10(7-14-9)12(19)16-8-13(3-2-4-13)5-11(17)18/h6-7H,2-5,8H2,1H3,(H,16,19)(H,17,18). The van der Waals surface area contributed by atoms with Crippen molar-refractivity contribution in [2.24, 2.45) is 5.41 Å². The molecule has 1 aromatic rings. The van der Waals surface area contributed by atoms with Gasteiger partial charge in [0.1, 0.15) is 5.69 Å². The number of aliphatic carboxylic acids is 1. The molecule has 102 valence electrons. The van der Waals surface area contributed by atoms with Crippen LogP contribution in [0, 0.1) is 12.3 Å². The molecule has 0 atom stereocenters. The van der Waals surface area contributed by atoms with Gasteiger partial charge in [0, 0.05) is 12.7 Å². The molecule has 0 unspecified atom stereocenters. The minimum Gasteiger partial charge on any atom is -0.481 e. The molecule has 0 radical (unpaired) electrons. The van der Waals surface area contributed by atoms with Crippen molar-refractivity contribution in [3.8, 4) is 0 Å². The Morgan fingerprint density at radius 3 is 2.58 bits per heavy atom. The summed E-state index contributed by atoms with van der Waals surface area (Å²) in [6.45, 7) is 2.18. The van der Waals surface area contributed by atoms with Crippen molar-refractivity contribution in [3.05, 3.63) is 23.8 Å². The monoisotopic (exact) mass is 263 g/mol. The van der Waals surface area contributed by atoms with Crippen LogP contribution in [0.15, 0.2) is 12.4 Å². The molecule has 2 N–H and O–H groups in total. The van der Waals surface area contributed by atoms with E-state index in [1.165, 1.54) is 12.4 Å². The Balaban J connectivity index is 1.92. The van der Waals surface area contributed by atoms with E-state index in [-0.39, 0.29) is 23.4 Å². The summed E-state index contributed by atoms with van der Waals surface area (Å²) >= 11 is 0. The summed E-state index contributed by atoms with van der Waals surface area (Å²) in [5, 5.41) is 11.7. The van der Waals surface area contributed by atoms with Crippen molar-refractivity contribution < 1.29 is 14.7 Å². The SMILES string of the molecule is Cc1cnc(C(=O)NCC2(CC(=O)O)CCC2)cn1. The van der Waals surface area contributed by atoms with E-state index in [1.54, 1.807) is 6.92 Å². The average molecular weight is 263 g/mol. The van der Waals surface area contributed by atoms with Gasteiger partial charge in [0.2, 0.25) is 0 Å². The van der Waals surface area contributed by atoms with Gasteiger partial charge in [-0.05, 0) is 25.2 Å². The highest BCUT2D eigenvalue weighted by molar-refractivity contribution is 5.91. The summed E-state index contributed by atoms with van der Waals surface area (Å²) in [7, 11) is 0. The van der Waals surface area contributed by atoms with Crippen LogP contribution in [-0.4, -0.2) is 33.5 Å². The number of rotatable bonds is 5. The molecule has 0 aliphatic heterocycles. The number of aryl methyl sites for hydroxylation is 1. The lowest BCUT2D eigenvalue weighted by atomic mass is 9.66. The van der Waals surface area contributed by atoms with Crippen molar-refractivity contribution in [2.45, 2.75) is 32.6 Å². The molecule has 0 bridgehead atoms. The summed E-state index contributed by atoms with van der Waals surface area (Å²) in [5.41, 5.74) is 0.730. The Kier molecular flexibility index (Phi) is 3.78. The third-order valence-electron chi connectivity index (χ3n) is 3.58. The minimum atomic E-state index is -0.816. The first kappa shape index (κ1) is 13.5. The number of hydrogen-bond acceptors (Lipinski definition) is 4. The van der Waals surface area contributed by atoms with Gasteiger partial charge in [-0.3, -0.25) is 14.6 Å². The Morgan fingerprint density at radius 1 is 1.37 bits per heavy atom. The lowest BCUT2D eigenvalue weighted by Gasteiger charge is -2.40. The van der Waals surface area contributed by atoms with E-state index in [9.17, 15) is 9.59 Å². The van der Waals surface area contributed by atoms with Gasteiger partial charge in [-0.25, -0.2) is 4.98 Å². The number of aromatic nitrogens is 2. The van der Waals surface area contributed by atoms with Gasteiger partial charge >= 0.3 is 5.97 Å². The fourth-order valence-corrected chi connectivity index (χ4v) is 2.28. The lowest BCUT2D eigenvalue weighted by molar-refractivity contribution is -0.141. The van der Waals surface area contributed by atoms with Crippen LogP contribution < -0.4 is 5.32 Å². The van der Waals surface area contributed by atoms with Crippen molar-refractivity contribution in [1.82, 2.24) is 15.3 Å². The zero-order chi connectivity index (χ0) is 13.9. The molecule has 6 heteroatoms. The van der Waals surface area contributed by atoms with Crippen molar-refractivity contribution in [2.75, 3.05) is 6.54 Å². The van der Waals surface area contributed by atoms with Gasteiger partial charge in [0.05, 0.1) is 18.3 Å². The van der Waals surface area contributed by atoms with Gasteiger partial charge in [-0.2, -0.15) is 0 Å². The van der Waals surface area contributed by atoms with Crippen LogP contribution in [0.2, 0.25) is 0 Å². The quantitative estimate of drug-likeness (QED) is 0.831. The number of carboxylic acid groups (broad SMARTS) is 1. The molecule has 19 heavy (non-hydrogen) atoms. The molecule has 1 aliphatic carbocycles. The third kappa shape index (κ3) is 3.27. The van der Waals surface area contributed by atoms with Crippen molar-refractivity contribution >= 4 is 11.9 Å². The lowest BCUT2D eigenvalue weighted by Crippen LogP contribution is -2.43. The van der Waals surface area contributed by atoms with Gasteiger partial charge in [-0.15, -0.1) is 0 Å². The molecule has 0 saturated heterocycles. The first-order valence-electron chi connectivity index (χ1n) is 6.29. The molecular weight excluding hydrogens is 246 g/mol. The van der Waals surface area contributed by atoms with E-state index in [1.807, 2.05) is 0 Å². The van der Waals surface area contributed by atoms with Crippen molar-refractivity contribution in [1.29, 1.82) is 0 Å². The summed E-state index contributed by atoms with van der Waals surface area (Å²) in [6, 6.07) is 0. The van der Waals surface area contributed by atoms with Gasteiger partial charge < -0.3 is 10.4 Å². The van der Waals surface area contributed by atoms with Gasteiger partial charge in [-0.1, -0.05) is 6.42 Å². The molecular formula is C13H17N3O3. The van der Waals surface area contributed by atoms with Crippen LogP contribution in [0.25, 0.3) is 0 Å². The highest BCUT2D eigenvalue weighted by atomic mass is 16.4. The molecule has 1 heterocycles. The van der Waals surface area contributed by atoms with Crippen LogP contribution in [-0.2, 0) is 4.79 Å². The minimum absolute atomic E-state index is 0.104. The molecule has 1 amide bonds. The van der Waals surface area contributed by atoms with E-state index in [4.69, 9.17) is 5.11 Å². The number of hydrogen-bond donors (Lipinski definition) is 2. The molecule has 0 spiro atoms. The second kappa shape index (κ2) is 5.34. The Hall–Kier alpha value is -1.98. The van der Waals surface area contributed by atoms with Gasteiger partial charge in [0.25, 0.3) is 5.91 Å². The van der Waals surface area contributed by atoms with Crippen molar-refractivity contribution in [3.63, 3.8) is 0 Å². The zero-order valence-electron chi connectivity index (χ0n) is 10.8. The van der Waals surface area contributed by atoms with E-state index in [2.05, 4.69) is 15.3 Å². The number of carbonyl (C=O) groups excluding carboxylic acids is 1. The van der Waals surface area contributed by atoms with E-state index >= 15 is 0 Å². The maximum absolute atomic E-state index is 11.9. The molecule has 6 nitrogen and oxygen atoms in total. The van der Waals surface area contributed by atoms with E-state index in [0.29, 0.717) is 6.54 Å². The number of nitrogens with zero attached hydrogens (tertiary/aromatic N) is 2. The fraction of sp³-hybridized carbons (Fsp3) is 0.538. The van der Waals surface area contributed by atoms with Crippen LogP contribution in [0.1, 0.15) is 41.9 Å². The predicted molar refractivity (Wildman–Crippen MR) is 67.6 cm³/mol. The summed E-state index contributed by atoms with van der Waals surface area (Å²) in [6.07, 6.45) is 5.78. The average Bonchev–Trinajstić information content (AvgIpc) is 2.32. The Morgan fingerprint density at radius 2 is 2.11 bits per heavy atom.